The van der Waals surface area contributed by atoms with Gasteiger partial charge in [-0.05, 0) is 43.0 Å². The first kappa shape index (κ1) is 13.0. The molecule has 0 saturated carbocycles. The fraction of sp³-hybridized carbons (Fsp3) is 0.615. The van der Waals surface area contributed by atoms with Crippen molar-refractivity contribution in [3.63, 3.8) is 0 Å². The Kier molecular flexibility index (Phi) is 4.74. The highest BCUT2D eigenvalue weighted by Gasteiger charge is 2.09. The molecule has 0 fully saturated rings. The highest BCUT2D eigenvalue weighted by molar-refractivity contribution is 5.43. The van der Waals surface area contributed by atoms with Crippen LogP contribution in [0.25, 0.3) is 0 Å². The van der Waals surface area contributed by atoms with Crippen molar-refractivity contribution in [2.24, 2.45) is 5.92 Å². The molecule has 0 amide bonds. The van der Waals surface area contributed by atoms with Crippen molar-refractivity contribution in [1.29, 1.82) is 0 Å². The van der Waals surface area contributed by atoms with E-state index < -0.39 is 0 Å². The van der Waals surface area contributed by atoms with E-state index in [-0.39, 0.29) is 0 Å². The Labute approximate surface area is 98.5 Å². The molecule has 90 valence electrons. The van der Waals surface area contributed by atoms with Gasteiger partial charge in [0, 0.05) is 12.2 Å². The van der Waals surface area contributed by atoms with Gasteiger partial charge in [-0.1, -0.05) is 20.8 Å². The third kappa shape index (κ3) is 3.81. The minimum Gasteiger partial charge on any atom is -0.383 e. The minimum atomic E-state index is 0.537. The Morgan fingerprint density at radius 1 is 1.38 bits per heavy atom. The van der Waals surface area contributed by atoms with Crippen LogP contribution in [-0.2, 0) is 6.42 Å². The second-order valence-electron chi connectivity index (χ2n) is 4.86. The van der Waals surface area contributed by atoms with E-state index >= 15 is 0 Å². The second kappa shape index (κ2) is 5.85. The number of anilines is 1. The van der Waals surface area contributed by atoms with Crippen molar-refractivity contribution in [2.45, 2.75) is 40.2 Å². The van der Waals surface area contributed by atoms with E-state index in [1.54, 1.807) is 6.20 Å². The topological polar surface area (TPSA) is 50.9 Å². The molecule has 1 atom stereocenters. The van der Waals surface area contributed by atoms with E-state index in [9.17, 15) is 0 Å². The molecule has 1 heterocycles. The number of rotatable bonds is 5. The molecule has 1 unspecified atom stereocenters. The van der Waals surface area contributed by atoms with E-state index in [0.717, 1.165) is 13.0 Å². The summed E-state index contributed by atoms with van der Waals surface area (Å²) in [5, 5.41) is 3.44. The number of hydrogen-bond acceptors (Lipinski definition) is 3. The summed E-state index contributed by atoms with van der Waals surface area (Å²) in [7, 11) is 0. The predicted octanol–water partition coefficient (Wildman–Crippen LogP) is 2.15. The molecule has 3 N–H and O–H groups in total. The maximum Gasteiger partial charge on any atom is 0.126 e. The number of nitrogen functional groups attached to an aromatic ring is 1. The molecule has 0 spiro atoms. The number of nitrogens with one attached hydrogen (secondary N) is 1. The van der Waals surface area contributed by atoms with Crippen LogP contribution in [0.15, 0.2) is 12.3 Å². The molecule has 0 aliphatic carbocycles. The summed E-state index contributed by atoms with van der Waals surface area (Å²) in [6, 6.07) is 2.56. The van der Waals surface area contributed by atoms with Crippen molar-refractivity contribution in [3.05, 3.63) is 23.4 Å². The van der Waals surface area contributed by atoms with Crippen LogP contribution in [0.1, 0.15) is 31.9 Å². The lowest BCUT2D eigenvalue weighted by atomic mass is 9.98. The van der Waals surface area contributed by atoms with Crippen LogP contribution in [0.3, 0.4) is 0 Å². The first-order valence-electron chi connectivity index (χ1n) is 5.94. The SMILES string of the molecule is Cc1ccnc(N)c1CC(C)CNC(C)C. The van der Waals surface area contributed by atoms with Crippen molar-refractivity contribution < 1.29 is 0 Å². The standard InChI is InChI=1S/C13H23N3/c1-9(2)16-8-10(3)7-12-11(4)5-6-15-13(12)14/h5-6,9-10,16H,7-8H2,1-4H3,(H2,14,15). The average Bonchev–Trinajstić information content (AvgIpc) is 2.21. The van der Waals surface area contributed by atoms with Crippen molar-refractivity contribution in [3.8, 4) is 0 Å². The molecule has 0 aliphatic rings. The van der Waals surface area contributed by atoms with Crippen LogP contribution < -0.4 is 11.1 Å². The second-order valence-corrected chi connectivity index (χ2v) is 4.86. The van der Waals surface area contributed by atoms with Crippen LogP contribution >= 0.6 is 0 Å². The number of aromatic nitrogens is 1. The summed E-state index contributed by atoms with van der Waals surface area (Å²) < 4.78 is 0. The summed E-state index contributed by atoms with van der Waals surface area (Å²) in [5.41, 5.74) is 8.33. The van der Waals surface area contributed by atoms with Gasteiger partial charge in [0.15, 0.2) is 0 Å². The average molecular weight is 221 g/mol. The zero-order valence-corrected chi connectivity index (χ0v) is 10.7. The van der Waals surface area contributed by atoms with Crippen LogP contribution in [0.5, 0.6) is 0 Å². The number of nitrogens with zero attached hydrogens (tertiary/aromatic N) is 1. The Balaban J connectivity index is 2.59. The van der Waals surface area contributed by atoms with Gasteiger partial charge in [0.2, 0.25) is 0 Å². The predicted molar refractivity (Wildman–Crippen MR) is 69.4 cm³/mol. The maximum absolute atomic E-state index is 5.89. The van der Waals surface area contributed by atoms with Crippen LogP contribution in [-0.4, -0.2) is 17.6 Å². The number of aryl methyl sites for hydroxylation is 1. The molecule has 0 bridgehead atoms. The lowest BCUT2D eigenvalue weighted by molar-refractivity contribution is 0.475. The first-order chi connectivity index (χ1) is 7.50. The summed E-state index contributed by atoms with van der Waals surface area (Å²) in [4.78, 5) is 4.15. The van der Waals surface area contributed by atoms with Gasteiger partial charge in [0.25, 0.3) is 0 Å². The number of pyridine rings is 1. The monoisotopic (exact) mass is 221 g/mol. The summed E-state index contributed by atoms with van der Waals surface area (Å²) >= 11 is 0. The normalized spacial score (nSPS) is 13.1. The summed E-state index contributed by atoms with van der Waals surface area (Å²) in [5.74, 6) is 1.25. The van der Waals surface area contributed by atoms with Gasteiger partial charge in [-0.15, -0.1) is 0 Å². The molecule has 0 aromatic carbocycles. The van der Waals surface area contributed by atoms with Crippen molar-refractivity contribution in [1.82, 2.24) is 10.3 Å². The molecule has 3 heteroatoms. The molecule has 1 aromatic heterocycles. The molecule has 16 heavy (non-hydrogen) atoms. The third-order valence-electron chi connectivity index (χ3n) is 2.75. The van der Waals surface area contributed by atoms with Gasteiger partial charge in [-0.2, -0.15) is 0 Å². The largest absolute Gasteiger partial charge is 0.383 e. The van der Waals surface area contributed by atoms with Crippen LogP contribution in [0.2, 0.25) is 0 Å². The van der Waals surface area contributed by atoms with Crippen molar-refractivity contribution in [2.75, 3.05) is 12.3 Å². The lowest BCUT2D eigenvalue weighted by Crippen LogP contribution is -2.28. The molecular weight excluding hydrogens is 198 g/mol. The van der Waals surface area contributed by atoms with E-state index in [2.05, 4.69) is 38.0 Å². The van der Waals surface area contributed by atoms with Gasteiger partial charge >= 0.3 is 0 Å². The van der Waals surface area contributed by atoms with Gasteiger partial charge < -0.3 is 11.1 Å². The fourth-order valence-corrected chi connectivity index (χ4v) is 1.73. The Hall–Kier alpha value is -1.09. The number of nitrogens with two attached hydrogens (primary N) is 1. The lowest BCUT2D eigenvalue weighted by Gasteiger charge is -2.16. The highest BCUT2D eigenvalue weighted by Crippen LogP contribution is 2.17. The maximum atomic E-state index is 5.89. The highest BCUT2D eigenvalue weighted by atomic mass is 14.9. The summed E-state index contributed by atoms with van der Waals surface area (Å²) in [6.07, 6.45) is 2.76. The van der Waals surface area contributed by atoms with Crippen LogP contribution in [0, 0.1) is 12.8 Å². The molecule has 3 nitrogen and oxygen atoms in total. The Bertz CT molecular complexity index is 314. The Morgan fingerprint density at radius 3 is 2.62 bits per heavy atom. The Morgan fingerprint density at radius 2 is 2.06 bits per heavy atom. The molecule has 1 rings (SSSR count). The third-order valence-corrected chi connectivity index (χ3v) is 2.75. The zero-order chi connectivity index (χ0) is 12.1. The molecular formula is C13H23N3. The van der Waals surface area contributed by atoms with Gasteiger partial charge in [-0.3, -0.25) is 0 Å². The van der Waals surface area contributed by atoms with E-state index in [4.69, 9.17) is 5.73 Å². The summed E-state index contributed by atoms with van der Waals surface area (Å²) in [6.45, 7) is 9.68. The fourth-order valence-electron chi connectivity index (χ4n) is 1.73. The molecule has 1 aromatic rings. The van der Waals surface area contributed by atoms with E-state index in [1.807, 2.05) is 6.07 Å². The number of hydrogen-bond donors (Lipinski definition) is 2. The van der Waals surface area contributed by atoms with Crippen molar-refractivity contribution >= 4 is 5.82 Å². The molecule has 0 aliphatic heterocycles. The van der Waals surface area contributed by atoms with Crippen LogP contribution in [0.4, 0.5) is 5.82 Å². The van der Waals surface area contributed by atoms with Gasteiger partial charge in [0.05, 0.1) is 0 Å². The quantitative estimate of drug-likeness (QED) is 0.801. The van der Waals surface area contributed by atoms with E-state index in [0.29, 0.717) is 17.8 Å². The smallest absolute Gasteiger partial charge is 0.126 e. The van der Waals surface area contributed by atoms with Gasteiger partial charge in [0.1, 0.15) is 5.82 Å². The molecule has 0 saturated heterocycles. The minimum absolute atomic E-state index is 0.537. The first-order valence-corrected chi connectivity index (χ1v) is 5.94. The molecule has 0 radical (unpaired) electrons. The zero-order valence-electron chi connectivity index (χ0n) is 10.7. The van der Waals surface area contributed by atoms with E-state index in [1.165, 1.54) is 11.1 Å². The van der Waals surface area contributed by atoms with Gasteiger partial charge in [-0.25, -0.2) is 4.98 Å².